The summed E-state index contributed by atoms with van der Waals surface area (Å²) in [7, 11) is 0. The van der Waals surface area contributed by atoms with Crippen LogP contribution in [0.15, 0.2) is 0 Å². The lowest BCUT2D eigenvalue weighted by Gasteiger charge is -2.10. The van der Waals surface area contributed by atoms with Gasteiger partial charge in [0.05, 0.1) is 6.42 Å². The minimum absolute atomic E-state index is 0.0463. The van der Waals surface area contributed by atoms with Gasteiger partial charge >= 0.3 is 0 Å². The van der Waals surface area contributed by atoms with Crippen LogP contribution in [0.3, 0.4) is 0 Å². The summed E-state index contributed by atoms with van der Waals surface area (Å²) in [5.41, 5.74) is 0. The average molecular weight is 159 g/mol. The molecular formula is C7H13NO3. The summed E-state index contributed by atoms with van der Waals surface area (Å²) in [6.45, 7) is 4.87. The zero-order valence-electron chi connectivity index (χ0n) is 7.03. The number of nitrogens with zero attached hydrogens (tertiary/aromatic N) is 1. The van der Waals surface area contributed by atoms with E-state index in [-0.39, 0.29) is 23.0 Å². The minimum Gasteiger partial charge on any atom is -0.300 e. The van der Waals surface area contributed by atoms with Gasteiger partial charge in [-0.3, -0.25) is 14.9 Å². The average Bonchev–Trinajstić information content (AvgIpc) is 1.81. The number of hydrogen-bond donors (Lipinski definition) is 0. The van der Waals surface area contributed by atoms with E-state index in [2.05, 4.69) is 0 Å². The molecule has 0 bridgehead atoms. The third kappa shape index (κ3) is 3.70. The Hall–Kier alpha value is -0.930. The van der Waals surface area contributed by atoms with Gasteiger partial charge in [-0.1, -0.05) is 13.8 Å². The molecule has 1 unspecified atom stereocenters. The molecule has 4 nitrogen and oxygen atoms in total. The fourth-order valence-corrected chi connectivity index (χ4v) is 0.848. The van der Waals surface area contributed by atoms with E-state index in [1.165, 1.54) is 6.92 Å². The molecule has 0 rings (SSSR count). The lowest BCUT2D eigenvalue weighted by Crippen LogP contribution is -2.27. The van der Waals surface area contributed by atoms with Crippen molar-refractivity contribution in [2.75, 3.05) is 0 Å². The summed E-state index contributed by atoms with van der Waals surface area (Å²) in [6.07, 6.45) is 0.0463. The number of nitro groups is 1. The van der Waals surface area contributed by atoms with Gasteiger partial charge < -0.3 is 0 Å². The third-order valence-corrected chi connectivity index (χ3v) is 1.54. The highest BCUT2D eigenvalue weighted by atomic mass is 16.6. The van der Waals surface area contributed by atoms with E-state index in [9.17, 15) is 14.9 Å². The molecule has 1 atom stereocenters. The predicted molar refractivity (Wildman–Crippen MR) is 40.9 cm³/mol. The largest absolute Gasteiger partial charge is 0.300 e. The lowest BCUT2D eigenvalue weighted by molar-refractivity contribution is -0.529. The van der Waals surface area contributed by atoms with Gasteiger partial charge in [-0.15, -0.1) is 0 Å². The first-order chi connectivity index (χ1) is 4.95. The van der Waals surface area contributed by atoms with Crippen LogP contribution in [0, 0.1) is 16.0 Å². The van der Waals surface area contributed by atoms with Crippen molar-refractivity contribution in [3.63, 3.8) is 0 Å². The molecule has 0 radical (unpaired) electrons. The molecule has 64 valence electrons. The number of rotatable bonds is 4. The highest BCUT2D eigenvalue weighted by Gasteiger charge is 2.25. The van der Waals surface area contributed by atoms with Crippen LogP contribution in [0.25, 0.3) is 0 Å². The summed E-state index contributed by atoms with van der Waals surface area (Å²) in [6, 6.07) is -0.715. The van der Waals surface area contributed by atoms with E-state index in [1.807, 2.05) is 0 Å². The van der Waals surface area contributed by atoms with Crippen LogP contribution in [0.1, 0.15) is 27.2 Å². The fraction of sp³-hybridized carbons (Fsp3) is 0.857. The van der Waals surface area contributed by atoms with Gasteiger partial charge in [-0.25, -0.2) is 0 Å². The van der Waals surface area contributed by atoms with E-state index >= 15 is 0 Å². The molecule has 0 heterocycles. The number of hydrogen-bond acceptors (Lipinski definition) is 3. The summed E-state index contributed by atoms with van der Waals surface area (Å²) in [4.78, 5) is 20.5. The minimum atomic E-state index is -0.715. The van der Waals surface area contributed by atoms with Crippen molar-refractivity contribution in [2.24, 2.45) is 5.92 Å². The zero-order chi connectivity index (χ0) is 9.02. The van der Waals surface area contributed by atoms with Gasteiger partial charge in [-0.2, -0.15) is 0 Å². The summed E-state index contributed by atoms with van der Waals surface area (Å²) in [5.74, 6) is -0.200. The molecule has 0 aromatic rings. The smallest absolute Gasteiger partial charge is 0.222 e. The normalized spacial score (nSPS) is 13.1. The van der Waals surface area contributed by atoms with Gasteiger partial charge in [0.15, 0.2) is 0 Å². The Kier molecular flexibility index (Phi) is 3.71. The second-order valence-corrected chi connectivity index (χ2v) is 3.00. The SMILES string of the molecule is CC(=O)CC(C(C)C)[N+](=O)[O-]. The Morgan fingerprint density at radius 3 is 2.09 bits per heavy atom. The second kappa shape index (κ2) is 4.05. The Bertz CT molecular complexity index is 165. The predicted octanol–water partition coefficient (Wildman–Crippen LogP) is 1.27. The van der Waals surface area contributed by atoms with Crippen LogP contribution in [-0.4, -0.2) is 16.7 Å². The Morgan fingerprint density at radius 2 is 2.00 bits per heavy atom. The maximum Gasteiger partial charge on any atom is 0.222 e. The van der Waals surface area contributed by atoms with Crippen molar-refractivity contribution in [1.82, 2.24) is 0 Å². The highest BCUT2D eigenvalue weighted by Crippen LogP contribution is 2.09. The first-order valence-electron chi connectivity index (χ1n) is 3.58. The van der Waals surface area contributed by atoms with Crippen LogP contribution in [0.4, 0.5) is 0 Å². The Balaban J connectivity index is 4.12. The summed E-state index contributed by atoms with van der Waals surface area (Å²) < 4.78 is 0. The molecule has 0 aromatic carbocycles. The number of ketones is 1. The van der Waals surface area contributed by atoms with Crippen molar-refractivity contribution in [2.45, 2.75) is 33.2 Å². The summed E-state index contributed by atoms with van der Waals surface area (Å²) in [5, 5.41) is 10.3. The monoisotopic (exact) mass is 159 g/mol. The maximum absolute atomic E-state index is 10.6. The van der Waals surface area contributed by atoms with E-state index in [1.54, 1.807) is 13.8 Å². The van der Waals surface area contributed by atoms with Gasteiger partial charge in [-0.05, 0) is 6.92 Å². The zero-order valence-corrected chi connectivity index (χ0v) is 7.03. The molecule has 0 N–H and O–H groups in total. The van der Waals surface area contributed by atoms with E-state index < -0.39 is 6.04 Å². The molecule has 0 aliphatic carbocycles. The maximum atomic E-state index is 10.6. The van der Waals surface area contributed by atoms with Crippen molar-refractivity contribution >= 4 is 5.78 Å². The van der Waals surface area contributed by atoms with E-state index in [4.69, 9.17) is 0 Å². The Morgan fingerprint density at radius 1 is 1.55 bits per heavy atom. The molecule has 0 aromatic heterocycles. The van der Waals surface area contributed by atoms with Crippen molar-refractivity contribution in [3.8, 4) is 0 Å². The topological polar surface area (TPSA) is 60.2 Å². The highest BCUT2D eigenvalue weighted by molar-refractivity contribution is 5.75. The molecule has 0 spiro atoms. The van der Waals surface area contributed by atoms with Crippen molar-refractivity contribution < 1.29 is 9.72 Å². The van der Waals surface area contributed by atoms with Crippen molar-refractivity contribution in [1.29, 1.82) is 0 Å². The molecule has 0 saturated carbocycles. The number of carbonyl (C=O) groups excluding carboxylic acids is 1. The first kappa shape index (κ1) is 10.1. The van der Waals surface area contributed by atoms with Crippen molar-refractivity contribution in [3.05, 3.63) is 10.1 Å². The lowest BCUT2D eigenvalue weighted by atomic mass is 10.0. The third-order valence-electron chi connectivity index (χ3n) is 1.54. The van der Waals surface area contributed by atoms with E-state index in [0.29, 0.717) is 0 Å². The molecule has 4 heteroatoms. The van der Waals surface area contributed by atoms with Crippen LogP contribution < -0.4 is 0 Å². The second-order valence-electron chi connectivity index (χ2n) is 3.00. The van der Waals surface area contributed by atoms with Crippen LogP contribution in [0.5, 0.6) is 0 Å². The van der Waals surface area contributed by atoms with E-state index in [0.717, 1.165) is 0 Å². The van der Waals surface area contributed by atoms with Gasteiger partial charge in [0.1, 0.15) is 5.78 Å². The first-order valence-corrected chi connectivity index (χ1v) is 3.58. The molecular weight excluding hydrogens is 146 g/mol. The number of Topliss-reactive ketones (excluding diaryl/α,β-unsaturated/α-hetero) is 1. The summed E-state index contributed by atoms with van der Waals surface area (Å²) >= 11 is 0. The molecule has 0 saturated heterocycles. The standard InChI is InChI=1S/C7H13NO3/c1-5(2)7(8(10)11)4-6(3)9/h5,7H,4H2,1-3H3. The fourth-order valence-electron chi connectivity index (χ4n) is 0.848. The van der Waals surface area contributed by atoms with Gasteiger partial charge in [0.25, 0.3) is 0 Å². The van der Waals surface area contributed by atoms with Crippen LogP contribution in [-0.2, 0) is 4.79 Å². The van der Waals surface area contributed by atoms with Gasteiger partial charge in [0, 0.05) is 10.8 Å². The van der Waals surface area contributed by atoms with Crippen LogP contribution >= 0.6 is 0 Å². The quantitative estimate of drug-likeness (QED) is 0.458. The van der Waals surface area contributed by atoms with Gasteiger partial charge in [0.2, 0.25) is 6.04 Å². The van der Waals surface area contributed by atoms with Crippen LogP contribution in [0.2, 0.25) is 0 Å². The molecule has 0 fully saturated rings. The molecule has 0 aliphatic heterocycles. The molecule has 0 aliphatic rings. The number of carbonyl (C=O) groups is 1. The Labute approximate surface area is 65.7 Å². The molecule has 11 heavy (non-hydrogen) atoms. The molecule has 0 amide bonds.